The fraction of sp³-hybridized carbons (Fsp3) is 0.471. The van der Waals surface area contributed by atoms with Gasteiger partial charge in [0.2, 0.25) is 5.85 Å². The molecule has 0 radical (unpaired) electrons. The van der Waals surface area contributed by atoms with Gasteiger partial charge in [0, 0.05) is 32.6 Å². The van der Waals surface area contributed by atoms with Crippen molar-refractivity contribution in [3.05, 3.63) is 33.4 Å². The number of aliphatic imine (C=N–C) groups is 3. The number of fused-ring (bicyclic) bond motifs is 1. The Labute approximate surface area is 194 Å². The summed E-state index contributed by atoms with van der Waals surface area (Å²) in [5, 5.41) is 30.1. The predicted octanol–water partition coefficient (Wildman–Crippen LogP) is -0.869. The normalized spacial score (nSPS) is 36.6. The van der Waals surface area contributed by atoms with E-state index in [1.807, 2.05) is 46.9 Å². The van der Waals surface area contributed by atoms with Gasteiger partial charge in [-0.05, 0) is 40.3 Å². The zero-order chi connectivity index (χ0) is 21.0. The summed E-state index contributed by atoms with van der Waals surface area (Å²) in [7, 11) is 0. The van der Waals surface area contributed by atoms with Crippen LogP contribution < -0.4 is 11.5 Å². The largest absolute Gasteiger partial charge is 0.394 e. The van der Waals surface area contributed by atoms with Crippen LogP contribution in [0.4, 0.5) is 0 Å². The van der Waals surface area contributed by atoms with Crippen LogP contribution >= 0.6 is 45.2 Å². The number of hydrogen-bond donors (Lipinski definition) is 5. The second-order valence-electron chi connectivity index (χ2n) is 7.15. The van der Waals surface area contributed by atoms with Crippen LogP contribution in [-0.2, 0) is 11.2 Å². The second-order valence-corrected chi connectivity index (χ2v) is 9.36. The number of rotatable bonds is 4. The Bertz CT molecular complexity index is 927. The molecule has 12 heteroatoms. The molecule has 1 fully saturated rings. The lowest BCUT2D eigenvalue weighted by atomic mass is 9.94. The molecule has 4 rings (SSSR count). The van der Waals surface area contributed by atoms with Crippen LogP contribution in [0.3, 0.4) is 0 Å². The van der Waals surface area contributed by atoms with E-state index in [9.17, 15) is 15.3 Å². The Morgan fingerprint density at radius 1 is 1.28 bits per heavy atom. The van der Waals surface area contributed by atoms with Gasteiger partial charge in [-0.25, -0.2) is 9.98 Å². The van der Waals surface area contributed by atoms with Gasteiger partial charge in [0.05, 0.1) is 6.61 Å². The summed E-state index contributed by atoms with van der Waals surface area (Å²) in [6.07, 6.45) is -3.45. The van der Waals surface area contributed by atoms with Crippen molar-refractivity contribution in [3.63, 3.8) is 0 Å². The zero-order valence-corrected chi connectivity index (χ0v) is 19.4. The number of halogens is 2. The van der Waals surface area contributed by atoms with Crippen molar-refractivity contribution in [1.82, 2.24) is 4.90 Å². The number of nitrogens with zero attached hydrogens (tertiary/aromatic N) is 4. The average molecular weight is 626 g/mol. The van der Waals surface area contributed by atoms with Crippen LogP contribution in [0.25, 0.3) is 0 Å². The molecule has 0 aromatic heterocycles. The molecule has 0 aliphatic carbocycles. The number of amidine groups is 2. The molecule has 5 atom stereocenters. The van der Waals surface area contributed by atoms with E-state index in [1.54, 1.807) is 0 Å². The maximum absolute atomic E-state index is 10.5. The van der Waals surface area contributed by atoms with Gasteiger partial charge in [0.25, 0.3) is 0 Å². The Kier molecular flexibility index (Phi) is 5.73. The molecule has 3 aliphatic rings. The molecule has 1 unspecified atom stereocenters. The highest BCUT2D eigenvalue weighted by Crippen LogP contribution is 2.35. The van der Waals surface area contributed by atoms with Gasteiger partial charge >= 0.3 is 0 Å². The fourth-order valence-corrected chi connectivity index (χ4v) is 5.00. The summed E-state index contributed by atoms with van der Waals surface area (Å²) >= 11 is 4.21. The molecule has 1 aromatic carbocycles. The smallest absolute Gasteiger partial charge is 0.228 e. The van der Waals surface area contributed by atoms with Crippen LogP contribution in [0, 0.1) is 3.57 Å². The molecule has 0 saturated carbocycles. The number of benzene rings is 1. The number of ether oxygens (including phenoxy) is 1. The van der Waals surface area contributed by atoms with Crippen molar-refractivity contribution in [2.45, 2.75) is 36.2 Å². The minimum absolute atomic E-state index is 0.0251. The van der Waals surface area contributed by atoms with E-state index in [-0.39, 0.29) is 6.67 Å². The first-order valence-corrected chi connectivity index (χ1v) is 11.0. The first kappa shape index (κ1) is 21.5. The highest BCUT2D eigenvalue weighted by molar-refractivity contribution is 14.1. The second kappa shape index (κ2) is 7.74. The topological polar surface area (TPSA) is 162 Å². The Morgan fingerprint density at radius 2 is 2.03 bits per heavy atom. The summed E-state index contributed by atoms with van der Waals surface area (Å²) < 4.78 is 7.10. The summed E-state index contributed by atoms with van der Waals surface area (Å²) in [4.78, 5) is 14.9. The molecule has 10 nitrogen and oxygen atoms in total. The molecule has 1 aromatic rings. The highest BCUT2D eigenvalue weighted by Gasteiger charge is 2.59. The number of nitrogens with two attached hydrogens (primary N) is 2. The van der Waals surface area contributed by atoms with Gasteiger partial charge in [-0.15, -0.1) is 0 Å². The third kappa shape index (κ3) is 3.62. The third-order valence-electron chi connectivity index (χ3n) is 5.17. The molecule has 29 heavy (non-hydrogen) atoms. The summed E-state index contributed by atoms with van der Waals surface area (Å²) in [5.74, 6) is -1.47. The van der Waals surface area contributed by atoms with Gasteiger partial charge in [0.15, 0.2) is 15.3 Å². The Hall–Kier alpha value is -0.750. The van der Waals surface area contributed by atoms with Crippen LogP contribution in [0.1, 0.15) is 5.56 Å². The van der Waals surface area contributed by atoms with Crippen molar-refractivity contribution in [3.8, 4) is 0 Å². The number of aliphatic hydroxyl groups is 3. The van der Waals surface area contributed by atoms with Crippen LogP contribution in [0.5, 0.6) is 0 Å². The van der Waals surface area contributed by atoms with Crippen LogP contribution in [-0.4, -0.2) is 78.7 Å². The molecule has 0 amide bonds. The zero-order valence-electron chi connectivity index (χ0n) is 15.1. The average Bonchev–Trinajstić information content (AvgIpc) is 3.18. The molecule has 7 N–H and O–H groups in total. The minimum atomic E-state index is -1.81. The van der Waals surface area contributed by atoms with E-state index in [0.717, 1.165) is 9.13 Å². The molecule has 1 saturated heterocycles. The summed E-state index contributed by atoms with van der Waals surface area (Å²) in [6.45, 7) is -0.463. The first-order chi connectivity index (χ1) is 13.7. The van der Waals surface area contributed by atoms with Gasteiger partial charge in [-0.2, -0.15) is 0 Å². The highest BCUT2D eigenvalue weighted by atomic mass is 127. The molecule has 156 valence electrons. The summed E-state index contributed by atoms with van der Waals surface area (Å²) in [5.41, 5.74) is 13.2. The van der Waals surface area contributed by atoms with E-state index in [0.29, 0.717) is 21.8 Å². The maximum atomic E-state index is 10.5. The van der Waals surface area contributed by atoms with Gasteiger partial charge in [-0.1, -0.05) is 12.1 Å². The molecular weight excluding hydrogens is 606 g/mol. The monoisotopic (exact) mass is 626 g/mol. The van der Waals surface area contributed by atoms with E-state index >= 15 is 0 Å². The van der Waals surface area contributed by atoms with Gasteiger partial charge < -0.3 is 25.8 Å². The number of hydrogen-bond acceptors (Lipinski definition) is 10. The maximum Gasteiger partial charge on any atom is 0.228 e. The van der Waals surface area contributed by atoms with Gasteiger partial charge in [0.1, 0.15) is 30.7 Å². The minimum Gasteiger partial charge on any atom is -0.394 e. The summed E-state index contributed by atoms with van der Waals surface area (Å²) in [6, 6.07) is 7.92. The quantitative estimate of drug-likeness (QED) is 0.215. The number of aliphatic hydroxyl groups excluding tert-OH is 3. The van der Waals surface area contributed by atoms with E-state index < -0.39 is 36.4 Å². The fourth-order valence-electron chi connectivity index (χ4n) is 3.74. The lowest BCUT2D eigenvalue weighted by molar-refractivity contribution is -0.156. The Balaban J connectivity index is 1.66. The standard InChI is InChI=1S/C17H20I2N6O4/c18-9-3-1-2-8(4-9)5-16(20)12-14(23-15(19)24-16)25(7-22-12)17(21)13(28)11(27)10(6-26)29-17/h1-4,10-11,13,26-28H,5-7,20-21H2/t10-,11-,13-,16?,17+/m1/s1. The van der Waals surface area contributed by atoms with E-state index in [1.165, 1.54) is 4.90 Å². The molecule has 3 heterocycles. The third-order valence-corrected chi connectivity index (χ3v) is 6.32. The van der Waals surface area contributed by atoms with E-state index in [4.69, 9.17) is 16.2 Å². The van der Waals surface area contributed by atoms with E-state index in [2.05, 4.69) is 37.6 Å². The van der Waals surface area contributed by atoms with Gasteiger partial charge in [-0.3, -0.25) is 15.6 Å². The van der Waals surface area contributed by atoms with Crippen molar-refractivity contribution in [2.75, 3.05) is 13.3 Å². The Morgan fingerprint density at radius 3 is 2.69 bits per heavy atom. The molecule has 0 bridgehead atoms. The van der Waals surface area contributed by atoms with Crippen molar-refractivity contribution < 1.29 is 20.1 Å². The molecular formula is C17H20I2N6O4. The molecule has 0 spiro atoms. The SMILES string of the molecule is NC1(Cc2cccc(I)c2)N=C(I)N=C2C1=NCN2[C@]1(N)O[C@H](CO)[C@@H](O)[C@H]1O. The predicted molar refractivity (Wildman–Crippen MR) is 124 cm³/mol. The first-order valence-electron chi connectivity index (χ1n) is 8.82. The van der Waals surface area contributed by atoms with Crippen molar-refractivity contribution in [1.29, 1.82) is 0 Å². The van der Waals surface area contributed by atoms with Crippen LogP contribution in [0.15, 0.2) is 39.2 Å². The van der Waals surface area contributed by atoms with Crippen LogP contribution in [0.2, 0.25) is 0 Å². The lowest BCUT2D eigenvalue weighted by Crippen LogP contribution is -2.66. The molecule has 3 aliphatic heterocycles. The van der Waals surface area contributed by atoms with Crippen molar-refractivity contribution >= 4 is 60.6 Å². The van der Waals surface area contributed by atoms with Crippen molar-refractivity contribution in [2.24, 2.45) is 26.4 Å². The lowest BCUT2D eigenvalue weighted by Gasteiger charge is -2.39.